The maximum absolute atomic E-state index is 12.8. The largest absolute Gasteiger partial charge is 0.481 e. The second-order valence-corrected chi connectivity index (χ2v) is 7.24. The quantitative estimate of drug-likeness (QED) is 0.521. The van der Waals surface area contributed by atoms with Gasteiger partial charge in [-0.25, -0.2) is 4.79 Å². The molecule has 29 heavy (non-hydrogen) atoms. The zero-order chi connectivity index (χ0) is 21.8. The van der Waals surface area contributed by atoms with Crippen LogP contribution in [-0.4, -0.2) is 42.6 Å². The van der Waals surface area contributed by atoms with Crippen LogP contribution >= 0.6 is 0 Å². The van der Waals surface area contributed by atoms with E-state index >= 15 is 0 Å². The number of esters is 1. The minimum atomic E-state index is -0.764. The molecule has 1 aromatic carbocycles. The Morgan fingerprint density at radius 1 is 0.897 bits per heavy atom. The lowest BCUT2D eigenvalue weighted by molar-refractivity contribution is -0.147. The zero-order valence-electron chi connectivity index (χ0n) is 18.1. The molecule has 1 aromatic rings. The number of hydrogen-bond donors (Lipinski definition) is 2. The number of rotatable bonds is 12. The molecule has 0 aliphatic carbocycles. The van der Waals surface area contributed by atoms with Gasteiger partial charge in [0, 0.05) is 0 Å². The van der Waals surface area contributed by atoms with Crippen LogP contribution in [-0.2, 0) is 19.1 Å². The van der Waals surface area contributed by atoms with Crippen molar-refractivity contribution in [3.05, 3.63) is 30.3 Å². The van der Waals surface area contributed by atoms with Gasteiger partial charge in [0.2, 0.25) is 5.91 Å². The van der Waals surface area contributed by atoms with Crippen molar-refractivity contribution in [3.8, 4) is 5.75 Å². The van der Waals surface area contributed by atoms with Gasteiger partial charge in [0.15, 0.2) is 6.10 Å². The lowest BCUT2D eigenvalue weighted by Gasteiger charge is -2.25. The monoisotopic (exact) mass is 406 g/mol. The number of nitrogens with one attached hydrogen (secondary N) is 2. The van der Waals surface area contributed by atoms with Crippen LogP contribution in [0.5, 0.6) is 5.75 Å². The predicted octanol–water partition coefficient (Wildman–Crippen LogP) is 2.83. The minimum Gasteiger partial charge on any atom is -0.481 e. The van der Waals surface area contributed by atoms with Gasteiger partial charge in [0.25, 0.3) is 5.91 Å². The molecule has 0 saturated heterocycles. The molecule has 0 aromatic heterocycles. The molecule has 7 nitrogen and oxygen atoms in total. The van der Waals surface area contributed by atoms with E-state index in [1.54, 1.807) is 26.0 Å². The van der Waals surface area contributed by atoms with Crippen molar-refractivity contribution >= 4 is 17.8 Å². The Labute approximate surface area is 173 Å². The maximum Gasteiger partial charge on any atom is 0.328 e. The van der Waals surface area contributed by atoms with E-state index in [-0.39, 0.29) is 18.4 Å². The molecule has 2 amide bonds. The highest BCUT2D eigenvalue weighted by atomic mass is 16.5. The van der Waals surface area contributed by atoms with Crippen molar-refractivity contribution in [1.29, 1.82) is 0 Å². The molecule has 7 heteroatoms. The SMILES string of the molecule is CCOC(=O)[C@H](CC)NC(=O)[C@H](CC(C)C)NC(=O)C(CC)Oc1ccccc1. The van der Waals surface area contributed by atoms with Crippen molar-refractivity contribution < 1.29 is 23.9 Å². The summed E-state index contributed by atoms with van der Waals surface area (Å²) < 4.78 is 10.8. The van der Waals surface area contributed by atoms with Crippen LogP contribution in [0.25, 0.3) is 0 Å². The highest BCUT2D eigenvalue weighted by Gasteiger charge is 2.29. The molecule has 162 valence electrons. The summed E-state index contributed by atoms with van der Waals surface area (Å²) in [6.45, 7) is 9.52. The van der Waals surface area contributed by atoms with E-state index in [4.69, 9.17) is 9.47 Å². The van der Waals surface area contributed by atoms with Crippen LogP contribution in [0.15, 0.2) is 30.3 Å². The first-order valence-corrected chi connectivity index (χ1v) is 10.3. The normalized spacial score (nSPS) is 13.9. The summed E-state index contributed by atoms with van der Waals surface area (Å²) in [6, 6.07) is 7.57. The van der Waals surface area contributed by atoms with E-state index in [1.807, 2.05) is 39.0 Å². The van der Waals surface area contributed by atoms with Crippen molar-refractivity contribution in [3.63, 3.8) is 0 Å². The fourth-order valence-electron chi connectivity index (χ4n) is 2.80. The standard InChI is InChI=1S/C22H34N2O5/c1-6-17(22(27)28-8-3)23-20(25)18(14-15(4)5)24-21(26)19(7-2)29-16-12-10-9-11-13-16/h9-13,15,17-19H,6-8,14H2,1-5H3,(H,23,25)(H,24,26)/t17-,18-,19?/m0/s1. The van der Waals surface area contributed by atoms with E-state index in [0.29, 0.717) is 25.0 Å². The third kappa shape index (κ3) is 8.54. The minimum absolute atomic E-state index is 0.170. The van der Waals surface area contributed by atoms with E-state index in [1.165, 1.54) is 0 Å². The number of para-hydroxylation sites is 1. The van der Waals surface area contributed by atoms with E-state index in [2.05, 4.69) is 10.6 Å². The number of benzene rings is 1. The van der Waals surface area contributed by atoms with Crippen molar-refractivity contribution in [2.45, 2.75) is 72.1 Å². The molecular formula is C22H34N2O5. The van der Waals surface area contributed by atoms with Gasteiger partial charge in [-0.1, -0.05) is 45.9 Å². The molecule has 0 radical (unpaired) electrons. The molecule has 2 N–H and O–H groups in total. The second-order valence-electron chi connectivity index (χ2n) is 7.24. The Hall–Kier alpha value is -2.57. The van der Waals surface area contributed by atoms with Crippen LogP contribution in [0.4, 0.5) is 0 Å². The van der Waals surface area contributed by atoms with Gasteiger partial charge in [-0.3, -0.25) is 9.59 Å². The molecular weight excluding hydrogens is 372 g/mol. The molecule has 0 fully saturated rings. The number of ether oxygens (including phenoxy) is 2. The second kappa shape index (κ2) is 12.8. The average Bonchev–Trinajstić information content (AvgIpc) is 2.69. The summed E-state index contributed by atoms with van der Waals surface area (Å²) in [7, 11) is 0. The van der Waals surface area contributed by atoms with Gasteiger partial charge in [-0.15, -0.1) is 0 Å². The molecule has 0 bridgehead atoms. The van der Waals surface area contributed by atoms with Crippen LogP contribution in [0.1, 0.15) is 53.9 Å². The Bertz CT molecular complexity index is 648. The third-order valence-electron chi connectivity index (χ3n) is 4.32. The fraction of sp³-hybridized carbons (Fsp3) is 0.591. The van der Waals surface area contributed by atoms with E-state index in [9.17, 15) is 14.4 Å². The summed E-state index contributed by atoms with van der Waals surface area (Å²) in [5, 5.41) is 5.49. The van der Waals surface area contributed by atoms with E-state index < -0.39 is 30.1 Å². The Morgan fingerprint density at radius 3 is 2.03 bits per heavy atom. The highest BCUT2D eigenvalue weighted by Crippen LogP contribution is 2.14. The molecule has 0 heterocycles. The lowest BCUT2D eigenvalue weighted by Crippen LogP contribution is -2.54. The summed E-state index contributed by atoms with van der Waals surface area (Å²) in [5.74, 6) is -0.476. The zero-order valence-corrected chi connectivity index (χ0v) is 18.1. The molecule has 0 saturated carbocycles. The fourth-order valence-corrected chi connectivity index (χ4v) is 2.80. The average molecular weight is 407 g/mol. The van der Waals surface area contributed by atoms with Crippen molar-refractivity contribution in [2.24, 2.45) is 5.92 Å². The summed E-state index contributed by atoms with van der Waals surface area (Å²) in [6.07, 6.45) is 0.587. The van der Waals surface area contributed by atoms with Gasteiger partial charge in [0.1, 0.15) is 17.8 Å². The Morgan fingerprint density at radius 2 is 1.52 bits per heavy atom. The summed E-state index contributed by atoms with van der Waals surface area (Å²) >= 11 is 0. The topological polar surface area (TPSA) is 93.7 Å². The van der Waals surface area contributed by atoms with Gasteiger partial charge >= 0.3 is 5.97 Å². The molecule has 3 atom stereocenters. The first kappa shape index (κ1) is 24.5. The number of hydrogen-bond acceptors (Lipinski definition) is 5. The summed E-state index contributed by atoms with van der Waals surface area (Å²) in [4.78, 5) is 37.5. The Balaban J connectivity index is 2.83. The van der Waals surface area contributed by atoms with Crippen molar-refractivity contribution in [1.82, 2.24) is 10.6 Å². The highest BCUT2D eigenvalue weighted by molar-refractivity contribution is 5.91. The smallest absolute Gasteiger partial charge is 0.328 e. The van der Waals surface area contributed by atoms with Crippen LogP contribution in [0, 0.1) is 5.92 Å². The molecule has 0 spiro atoms. The van der Waals surface area contributed by atoms with Gasteiger partial charge in [0.05, 0.1) is 6.61 Å². The number of carbonyl (C=O) groups excluding carboxylic acids is 3. The predicted molar refractivity (Wildman–Crippen MR) is 111 cm³/mol. The molecule has 1 rings (SSSR count). The lowest BCUT2D eigenvalue weighted by atomic mass is 10.0. The molecule has 1 unspecified atom stereocenters. The van der Waals surface area contributed by atoms with Gasteiger partial charge in [-0.2, -0.15) is 0 Å². The van der Waals surface area contributed by atoms with Gasteiger partial charge in [-0.05, 0) is 44.2 Å². The first-order chi connectivity index (χ1) is 13.8. The van der Waals surface area contributed by atoms with Crippen LogP contribution in [0.3, 0.4) is 0 Å². The van der Waals surface area contributed by atoms with Crippen LogP contribution < -0.4 is 15.4 Å². The molecule has 0 aliphatic heterocycles. The third-order valence-corrected chi connectivity index (χ3v) is 4.32. The van der Waals surface area contributed by atoms with E-state index in [0.717, 1.165) is 0 Å². The first-order valence-electron chi connectivity index (χ1n) is 10.3. The summed E-state index contributed by atoms with van der Waals surface area (Å²) in [5.41, 5.74) is 0. The maximum atomic E-state index is 12.8. The number of amides is 2. The number of carbonyl (C=O) groups is 3. The van der Waals surface area contributed by atoms with Crippen LogP contribution in [0.2, 0.25) is 0 Å². The van der Waals surface area contributed by atoms with Gasteiger partial charge < -0.3 is 20.1 Å². The van der Waals surface area contributed by atoms with Crippen molar-refractivity contribution in [2.75, 3.05) is 6.61 Å². The Kier molecular flexibility index (Phi) is 10.8. The molecule has 0 aliphatic rings.